The van der Waals surface area contributed by atoms with Gasteiger partial charge in [-0.3, -0.25) is 0 Å². The molecule has 1 unspecified atom stereocenters. The minimum absolute atomic E-state index is 0.112. The number of hydrogen-bond donors (Lipinski definition) is 1. The van der Waals surface area contributed by atoms with Gasteiger partial charge < -0.3 is 10.6 Å². The minimum Gasteiger partial charge on any atom is -0.371 e. The van der Waals surface area contributed by atoms with Crippen LogP contribution in [0.2, 0.25) is 0 Å². The molecule has 1 aliphatic heterocycles. The van der Waals surface area contributed by atoms with E-state index in [0.717, 1.165) is 13.1 Å². The van der Waals surface area contributed by atoms with Crippen molar-refractivity contribution in [3.05, 3.63) is 29.8 Å². The Morgan fingerprint density at radius 3 is 2.44 bits per heavy atom. The van der Waals surface area contributed by atoms with Gasteiger partial charge in [-0.15, -0.1) is 0 Å². The van der Waals surface area contributed by atoms with Gasteiger partial charge in [0.1, 0.15) is 0 Å². The van der Waals surface area contributed by atoms with Crippen LogP contribution in [-0.4, -0.2) is 13.1 Å². The smallest absolute Gasteiger partial charge is 0.0414 e. The van der Waals surface area contributed by atoms with Crippen LogP contribution < -0.4 is 10.6 Å². The third-order valence-corrected chi connectivity index (χ3v) is 4.59. The van der Waals surface area contributed by atoms with E-state index in [9.17, 15) is 0 Å². The molecule has 0 spiro atoms. The van der Waals surface area contributed by atoms with Crippen molar-refractivity contribution in [2.24, 2.45) is 11.1 Å². The number of para-hydroxylation sites is 1. The zero-order valence-corrected chi connectivity index (χ0v) is 11.9. The number of benzene rings is 1. The van der Waals surface area contributed by atoms with Crippen molar-refractivity contribution in [3.8, 4) is 0 Å². The lowest BCUT2D eigenvalue weighted by Gasteiger charge is -2.41. The molecule has 1 aromatic rings. The fraction of sp³-hybridized carbons (Fsp3) is 0.625. The summed E-state index contributed by atoms with van der Waals surface area (Å²) in [5.74, 6) is 0. The summed E-state index contributed by atoms with van der Waals surface area (Å²) in [6, 6.07) is 8.69. The van der Waals surface area contributed by atoms with E-state index in [1.165, 1.54) is 30.5 Å². The van der Waals surface area contributed by atoms with Crippen LogP contribution >= 0.6 is 0 Å². The number of rotatable bonds is 3. The van der Waals surface area contributed by atoms with E-state index in [1.54, 1.807) is 0 Å². The Balaban J connectivity index is 2.15. The number of anilines is 1. The SMILES string of the molecule is CCC1(C)CCN(c2ccccc2C(C)N)CC1. The van der Waals surface area contributed by atoms with Gasteiger partial charge >= 0.3 is 0 Å². The second-order valence-electron chi connectivity index (χ2n) is 6.00. The molecule has 1 fully saturated rings. The first kappa shape index (κ1) is 13.4. The maximum absolute atomic E-state index is 6.07. The Morgan fingerprint density at radius 2 is 1.89 bits per heavy atom. The van der Waals surface area contributed by atoms with Crippen LogP contribution in [-0.2, 0) is 0 Å². The van der Waals surface area contributed by atoms with Crippen molar-refractivity contribution in [1.29, 1.82) is 0 Å². The predicted molar refractivity (Wildman–Crippen MR) is 78.9 cm³/mol. The van der Waals surface area contributed by atoms with Crippen molar-refractivity contribution in [1.82, 2.24) is 0 Å². The molecule has 0 radical (unpaired) electrons. The van der Waals surface area contributed by atoms with Crippen LogP contribution in [0.4, 0.5) is 5.69 Å². The van der Waals surface area contributed by atoms with Crippen LogP contribution in [0.5, 0.6) is 0 Å². The quantitative estimate of drug-likeness (QED) is 0.880. The second kappa shape index (κ2) is 5.31. The first-order chi connectivity index (χ1) is 8.56. The van der Waals surface area contributed by atoms with Crippen LogP contribution in [0.3, 0.4) is 0 Å². The van der Waals surface area contributed by atoms with Gasteiger partial charge in [0.05, 0.1) is 0 Å². The molecule has 1 saturated heterocycles. The summed E-state index contributed by atoms with van der Waals surface area (Å²) < 4.78 is 0. The Hall–Kier alpha value is -1.02. The lowest BCUT2D eigenvalue weighted by Crippen LogP contribution is -2.39. The zero-order chi connectivity index (χ0) is 13.2. The first-order valence-corrected chi connectivity index (χ1v) is 7.15. The standard InChI is InChI=1S/C16H26N2/c1-4-16(3)9-11-18(12-10-16)15-8-6-5-7-14(15)13(2)17/h5-8,13H,4,9-12,17H2,1-3H3. The average Bonchev–Trinajstić information content (AvgIpc) is 2.39. The molecule has 2 rings (SSSR count). The molecule has 0 amide bonds. The predicted octanol–water partition coefficient (Wildman–Crippen LogP) is 3.72. The Bertz CT molecular complexity index is 390. The van der Waals surface area contributed by atoms with Crippen molar-refractivity contribution in [2.45, 2.75) is 46.1 Å². The van der Waals surface area contributed by atoms with E-state index in [4.69, 9.17) is 5.73 Å². The molecule has 2 N–H and O–H groups in total. The molecule has 2 nitrogen and oxygen atoms in total. The monoisotopic (exact) mass is 246 g/mol. The molecule has 1 atom stereocenters. The van der Waals surface area contributed by atoms with Crippen LogP contribution in [0.1, 0.15) is 51.6 Å². The summed E-state index contributed by atoms with van der Waals surface area (Å²) in [5, 5.41) is 0. The molecule has 18 heavy (non-hydrogen) atoms. The minimum atomic E-state index is 0.112. The third kappa shape index (κ3) is 2.69. The lowest BCUT2D eigenvalue weighted by atomic mass is 9.78. The van der Waals surface area contributed by atoms with Gasteiger partial charge in [0.15, 0.2) is 0 Å². The summed E-state index contributed by atoms with van der Waals surface area (Å²) in [6.07, 6.45) is 3.86. The largest absolute Gasteiger partial charge is 0.371 e. The summed E-state index contributed by atoms with van der Waals surface area (Å²) in [6.45, 7) is 9.12. The molecule has 0 saturated carbocycles. The van der Waals surface area contributed by atoms with Crippen molar-refractivity contribution >= 4 is 5.69 Å². The molecule has 0 aromatic heterocycles. The molecule has 2 heteroatoms. The molecule has 1 aliphatic rings. The Labute approximate surface area is 111 Å². The molecule has 1 aromatic carbocycles. The topological polar surface area (TPSA) is 29.3 Å². The molecule has 100 valence electrons. The van der Waals surface area contributed by atoms with Crippen molar-refractivity contribution in [2.75, 3.05) is 18.0 Å². The average molecular weight is 246 g/mol. The van der Waals surface area contributed by atoms with Crippen LogP contribution in [0.25, 0.3) is 0 Å². The molecular formula is C16H26N2. The van der Waals surface area contributed by atoms with Gasteiger partial charge in [0.2, 0.25) is 0 Å². The Kier molecular flexibility index (Phi) is 3.96. The third-order valence-electron chi connectivity index (χ3n) is 4.59. The summed E-state index contributed by atoms with van der Waals surface area (Å²) in [7, 11) is 0. The number of nitrogens with two attached hydrogens (primary N) is 1. The van der Waals surface area contributed by atoms with Gasteiger partial charge in [-0.2, -0.15) is 0 Å². The first-order valence-electron chi connectivity index (χ1n) is 7.15. The van der Waals surface area contributed by atoms with E-state index < -0.39 is 0 Å². The lowest BCUT2D eigenvalue weighted by molar-refractivity contribution is 0.238. The maximum Gasteiger partial charge on any atom is 0.0414 e. The fourth-order valence-corrected chi connectivity index (χ4v) is 2.80. The van der Waals surface area contributed by atoms with Gasteiger partial charge in [-0.1, -0.05) is 38.5 Å². The summed E-state index contributed by atoms with van der Waals surface area (Å²) in [5.41, 5.74) is 9.23. The highest BCUT2D eigenvalue weighted by Crippen LogP contribution is 2.37. The van der Waals surface area contributed by atoms with E-state index in [1.807, 2.05) is 0 Å². The summed E-state index contributed by atoms with van der Waals surface area (Å²) >= 11 is 0. The number of piperidine rings is 1. The zero-order valence-electron chi connectivity index (χ0n) is 11.9. The fourth-order valence-electron chi connectivity index (χ4n) is 2.80. The van der Waals surface area contributed by atoms with Crippen molar-refractivity contribution < 1.29 is 0 Å². The highest BCUT2D eigenvalue weighted by atomic mass is 15.1. The van der Waals surface area contributed by atoms with Gasteiger partial charge in [0.25, 0.3) is 0 Å². The van der Waals surface area contributed by atoms with Gasteiger partial charge in [-0.05, 0) is 36.8 Å². The van der Waals surface area contributed by atoms with E-state index in [0.29, 0.717) is 5.41 Å². The van der Waals surface area contributed by atoms with Crippen molar-refractivity contribution in [3.63, 3.8) is 0 Å². The van der Waals surface area contributed by atoms with Crippen LogP contribution in [0.15, 0.2) is 24.3 Å². The highest BCUT2D eigenvalue weighted by Gasteiger charge is 2.29. The molecular weight excluding hydrogens is 220 g/mol. The van der Waals surface area contributed by atoms with E-state index in [2.05, 4.69) is 49.9 Å². The normalized spacial score (nSPS) is 20.8. The highest BCUT2D eigenvalue weighted by molar-refractivity contribution is 5.55. The van der Waals surface area contributed by atoms with E-state index >= 15 is 0 Å². The molecule has 0 aliphatic carbocycles. The number of nitrogens with zero attached hydrogens (tertiary/aromatic N) is 1. The summed E-state index contributed by atoms with van der Waals surface area (Å²) in [4.78, 5) is 2.51. The second-order valence-corrected chi connectivity index (χ2v) is 6.00. The molecule has 0 bridgehead atoms. The van der Waals surface area contributed by atoms with Crippen LogP contribution in [0, 0.1) is 5.41 Å². The van der Waals surface area contributed by atoms with E-state index in [-0.39, 0.29) is 6.04 Å². The number of hydrogen-bond acceptors (Lipinski definition) is 2. The Morgan fingerprint density at radius 1 is 1.28 bits per heavy atom. The van der Waals surface area contributed by atoms with Gasteiger partial charge in [0, 0.05) is 24.8 Å². The molecule has 1 heterocycles. The van der Waals surface area contributed by atoms with Gasteiger partial charge in [-0.25, -0.2) is 0 Å². The maximum atomic E-state index is 6.07.